The summed E-state index contributed by atoms with van der Waals surface area (Å²) in [5.74, 6) is 0.928. The summed E-state index contributed by atoms with van der Waals surface area (Å²) in [7, 11) is 1.71. The molecule has 0 spiro atoms. The van der Waals surface area contributed by atoms with E-state index >= 15 is 0 Å². The smallest absolute Gasteiger partial charge is 0.123 e. The number of hydrogen-bond acceptors (Lipinski definition) is 2. The first-order valence-electron chi connectivity index (χ1n) is 7.22. The molecule has 0 atom stereocenters. The molecular weight excluding hydrogens is 260 g/mol. The maximum absolute atomic E-state index is 5.70. The van der Waals surface area contributed by atoms with Crippen molar-refractivity contribution < 1.29 is 4.74 Å². The van der Waals surface area contributed by atoms with Crippen molar-refractivity contribution in [3.05, 3.63) is 65.9 Å². The van der Waals surface area contributed by atoms with E-state index in [0.717, 1.165) is 18.7 Å². The number of fused-ring (bicyclic) bond motifs is 1. The first-order chi connectivity index (χ1) is 10.3. The Labute approximate surface area is 125 Å². The molecule has 0 fully saturated rings. The zero-order valence-corrected chi connectivity index (χ0v) is 12.3. The Morgan fingerprint density at radius 1 is 1.00 bits per heavy atom. The molecule has 0 saturated carbocycles. The van der Waals surface area contributed by atoms with Crippen molar-refractivity contribution in [2.75, 3.05) is 13.7 Å². The van der Waals surface area contributed by atoms with Gasteiger partial charge in [0.1, 0.15) is 5.75 Å². The predicted molar refractivity (Wildman–Crippen MR) is 86.8 cm³/mol. The summed E-state index contributed by atoms with van der Waals surface area (Å²) in [6.07, 6.45) is 3.05. The Kier molecular flexibility index (Phi) is 3.93. The first kappa shape index (κ1) is 13.7. The molecule has 2 N–H and O–H groups in total. The molecular formula is C18H20N2O. The fourth-order valence-corrected chi connectivity index (χ4v) is 2.82. The molecule has 0 radical (unpaired) electrons. The van der Waals surface area contributed by atoms with Crippen LogP contribution in [0.1, 0.15) is 11.1 Å². The summed E-state index contributed by atoms with van der Waals surface area (Å²) >= 11 is 0. The summed E-state index contributed by atoms with van der Waals surface area (Å²) in [6.45, 7) is 1.48. The van der Waals surface area contributed by atoms with Gasteiger partial charge in [-0.1, -0.05) is 30.3 Å². The Morgan fingerprint density at radius 3 is 2.62 bits per heavy atom. The summed E-state index contributed by atoms with van der Waals surface area (Å²) < 4.78 is 7.70. The molecule has 0 amide bonds. The number of ether oxygens (including phenoxy) is 1. The van der Waals surface area contributed by atoms with Crippen molar-refractivity contribution in [2.24, 2.45) is 5.73 Å². The highest BCUT2D eigenvalue weighted by Crippen LogP contribution is 2.24. The van der Waals surface area contributed by atoms with Gasteiger partial charge >= 0.3 is 0 Å². The third-order valence-electron chi connectivity index (χ3n) is 3.85. The van der Waals surface area contributed by atoms with Gasteiger partial charge in [0.05, 0.1) is 13.7 Å². The van der Waals surface area contributed by atoms with Crippen molar-refractivity contribution in [3.63, 3.8) is 0 Å². The van der Waals surface area contributed by atoms with E-state index in [1.807, 2.05) is 18.2 Å². The van der Waals surface area contributed by atoms with Crippen molar-refractivity contribution in [2.45, 2.75) is 13.0 Å². The predicted octanol–water partition coefficient (Wildman–Crippen LogP) is 3.20. The zero-order valence-electron chi connectivity index (χ0n) is 12.3. The Bertz CT molecular complexity index is 746. The topological polar surface area (TPSA) is 40.2 Å². The number of hydrogen-bond donors (Lipinski definition) is 1. The number of nitrogens with two attached hydrogens (primary N) is 1. The van der Waals surface area contributed by atoms with Crippen molar-refractivity contribution >= 4 is 10.9 Å². The molecule has 3 rings (SSSR count). The summed E-state index contributed by atoms with van der Waals surface area (Å²) in [5.41, 5.74) is 9.43. The molecule has 1 aromatic heterocycles. The van der Waals surface area contributed by atoms with Gasteiger partial charge in [-0.15, -0.1) is 0 Å². The van der Waals surface area contributed by atoms with Gasteiger partial charge in [-0.25, -0.2) is 0 Å². The van der Waals surface area contributed by atoms with E-state index in [1.165, 1.54) is 22.0 Å². The monoisotopic (exact) mass is 280 g/mol. The second-order valence-electron chi connectivity index (χ2n) is 5.14. The number of aromatic nitrogens is 1. The van der Waals surface area contributed by atoms with Gasteiger partial charge in [-0.3, -0.25) is 0 Å². The maximum Gasteiger partial charge on any atom is 0.123 e. The van der Waals surface area contributed by atoms with Crippen LogP contribution in [0.2, 0.25) is 0 Å². The molecule has 0 aliphatic carbocycles. The van der Waals surface area contributed by atoms with Crippen molar-refractivity contribution in [1.29, 1.82) is 0 Å². The molecule has 108 valence electrons. The molecule has 0 aliphatic rings. The number of para-hydroxylation sites is 1. The molecule has 0 saturated heterocycles. The first-order valence-corrected chi connectivity index (χ1v) is 7.22. The van der Waals surface area contributed by atoms with Crippen molar-refractivity contribution in [3.8, 4) is 5.75 Å². The van der Waals surface area contributed by atoms with Crippen LogP contribution >= 0.6 is 0 Å². The minimum absolute atomic E-state index is 0.677. The lowest BCUT2D eigenvalue weighted by molar-refractivity contribution is 0.408. The molecule has 3 nitrogen and oxygen atoms in total. The van der Waals surface area contributed by atoms with Gasteiger partial charge in [0.15, 0.2) is 0 Å². The van der Waals surface area contributed by atoms with Gasteiger partial charge in [0, 0.05) is 22.7 Å². The number of nitrogens with zero attached hydrogens (tertiary/aromatic N) is 1. The number of rotatable bonds is 5. The molecule has 0 aliphatic heterocycles. The largest absolute Gasteiger partial charge is 0.496 e. The van der Waals surface area contributed by atoms with Crippen LogP contribution in [0.3, 0.4) is 0 Å². The molecule has 0 unspecified atom stereocenters. The summed E-state index contributed by atoms with van der Waals surface area (Å²) in [6, 6.07) is 16.7. The SMILES string of the molecule is COc1ccccc1Cn1ccc2c(CCN)cccc21. The lowest BCUT2D eigenvalue weighted by Gasteiger charge is -2.10. The van der Waals surface area contributed by atoms with Crippen LogP contribution in [0.25, 0.3) is 10.9 Å². The van der Waals surface area contributed by atoms with Gasteiger partial charge in [-0.05, 0) is 36.7 Å². The van der Waals surface area contributed by atoms with Crippen LogP contribution in [-0.2, 0) is 13.0 Å². The highest BCUT2D eigenvalue weighted by Gasteiger charge is 2.07. The second kappa shape index (κ2) is 6.02. The zero-order chi connectivity index (χ0) is 14.7. The Balaban J connectivity index is 2.00. The average Bonchev–Trinajstić information content (AvgIpc) is 2.92. The van der Waals surface area contributed by atoms with E-state index in [1.54, 1.807) is 7.11 Å². The Morgan fingerprint density at radius 2 is 1.81 bits per heavy atom. The maximum atomic E-state index is 5.70. The van der Waals surface area contributed by atoms with E-state index in [9.17, 15) is 0 Å². The summed E-state index contributed by atoms with van der Waals surface area (Å²) in [5, 5.41) is 1.29. The van der Waals surface area contributed by atoms with Crippen LogP contribution in [-0.4, -0.2) is 18.2 Å². The van der Waals surface area contributed by atoms with Crippen LogP contribution < -0.4 is 10.5 Å². The quantitative estimate of drug-likeness (QED) is 0.779. The third kappa shape index (κ3) is 2.65. The van der Waals surface area contributed by atoms with E-state index in [0.29, 0.717) is 6.54 Å². The van der Waals surface area contributed by atoms with Gasteiger partial charge in [0.2, 0.25) is 0 Å². The molecule has 1 heterocycles. The van der Waals surface area contributed by atoms with E-state index in [4.69, 9.17) is 10.5 Å². The van der Waals surface area contributed by atoms with Crippen LogP contribution in [0, 0.1) is 0 Å². The minimum Gasteiger partial charge on any atom is -0.496 e. The lowest BCUT2D eigenvalue weighted by atomic mass is 10.1. The van der Waals surface area contributed by atoms with Crippen LogP contribution in [0.4, 0.5) is 0 Å². The minimum atomic E-state index is 0.677. The van der Waals surface area contributed by atoms with Crippen molar-refractivity contribution in [1.82, 2.24) is 4.57 Å². The molecule has 0 bridgehead atoms. The van der Waals surface area contributed by atoms with Gasteiger partial charge in [0.25, 0.3) is 0 Å². The van der Waals surface area contributed by atoms with E-state index in [-0.39, 0.29) is 0 Å². The molecule has 3 heteroatoms. The summed E-state index contributed by atoms with van der Waals surface area (Å²) in [4.78, 5) is 0. The average molecular weight is 280 g/mol. The molecule has 2 aromatic carbocycles. The van der Waals surface area contributed by atoms with Crippen LogP contribution in [0.5, 0.6) is 5.75 Å². The number of benzene rings is 2. The van der Waals surface area contributed by atoms with E-state index < -0.39 is 0 Å². The highest BCUT2D eigenvalue weighted by atomic mass is 16.5. The highest BCUT2D eigenvalue weighted by molar-refractivity contribution is 5.83. The van der Waals surface area contributed by atoms with Crippen LogP contribution in [0.15, 0.2) is 54.7 Å². The van der Waals surface area contributed by atoms with Gasteiger partial charge < -0.3 is 15.0 Å². The second-order valence-corrected chi connectivity index (χ2v) is 5.14. The molecule has 21 heavy (non-hydrogen) atoms. The Hall–Kier alpha value is -2.26. The third-order valence-corrected chi connectivity index (χ3v) is 3.85. The molecule has 3 aromatic rings. The standard InChI is InChI=1S/C18H20N2O/c1-21-18-8-3-2-5-15(18)13-20-12-10-16-14(9-11-19)6-4-7-17(16)20/h2-8,10,12H,9,11,13,19H2,1H3. The van der Waals surface area contributed by atoms with E-state index in [2.05, 4.69) is 41.1 Å². The lowest BCUT2D eigenvalue weighted by Crippen LogP contribution is -2.03. The van der Waals surface area contributed by atoms with Gasteiger partial charge in [-0.2, -0.15) is 0 Å². The number of methoxy groups -OCH3 is 1. The fourth-order valence-electron chi connectivity index (χ4n) is 2.82. The fraction of sp³-hybridized carbons (Fsp3) is 0.222. The normalized spacial score (nSPS) is 11.0.